The largest absolute Gasteiger partial charge is 0.383 e. The molecule has 2 aromatic carbocycles. The fourth-order valence-corrected chi connectivity index (χ4v) is 7.13. The standard InChI is InChI=1S/C20H16N2O4S6/c1-27-11-5-3-7-13-17(11)21-19(29-13)31-25-15(23)9-10-16(24)26-32-20-22-18-12(28-2)6-4-8-14(18)30-20/h3-8H,9-10H2,1-2H3. The van der Waals surface area contributed by atoms with Crippen molar-refractivity contribution in [2.45, 2.75) is 31.3 Å². The molecule has 4 aromatic rings. The first-order valence-corrected chi connectivity index (χ1v) is 14.8. The van der Waals surface area contributed by atoms with Gasteiger partial charge in [-0.25, -0.2) is 9.97 Å². The van der Waals surface area contributed by atoms with E-state index < -0.39 is 11.9 Å². The molecule has 0 unspecified atom stereocenters. The minimum absolute atomic E-state index is 0.0657. The number of aromatic nitrogens is 2. The highest BCUT2D eigenvalue weighted by Gasteiger charge is 2.15. The third-order valence-electron chi connectivity index (χ3n) is 4.11. The van der Waals surface area contributed by atoms with Gasteiger partial charge in [-0.15, -0.1) is 46.2 Å². The summed E-state index contributed by atoms with van der Waals surface area (Å²) in [6.07, 6.45) is 3.86. The van der Waals surface area contributed by atoms with Crippen molar-refractivity contribution in [2.24, 2.45) is 0 Å². The molecule has 0 aliphatic carbocycles. The molecule has 0 bridgehead atoms. The minimum Gasteiger partial charge on any atom is -0.383 e. The lowest BCUT2D eigenvalue weighted by atomic mass is 10.3. The summed E-state index contributed by atoms with van der Waals surface area (Å²) in [5, 5.41) is 0. The molecule has 0 amide bonds. The average molecular weight is 541 g/mol. The van der Waals surface area contributed by atoms with Gasteiger partial charge >= 0.3 is 11.9 Å². The molecule has 0 spiro atoms. The van der Waals surface area contributed by atoms with Crippen molar-refractivity contribution in [1.82, 2.24) is 9.97 Å². The third-order valence-corrected chi connectivity index (χ3v) is 9.19. The Labute approximate surface area is 209 Å². The van der Waals surface area contributed by atoms with Crippen molar-refractivity contribution < 1.29 is 18.0 Å². The summed E-state index contributed by atoms with van der Waals surface area (Å²) in [5.41, 5.74) is 1.81. The highest BCUT2D eigenvalue weighted by Crippen LogP contribution is 2.36. The number of rotatable bonds is 9. The van der Waals surface area contributed by atoms with Crippen molar-refractivity contribution in [3.8, 4) is 0 Å². The molecule has 32 heavy (non-hydrogen) atoms. The van der Waals surface area contributed by atoms with Crippen molar-refractivity contribution in [2.75, 3.05) is 12.5 Å². The Morgan fingerprint density at radius 2 is 1.22 bits per heavy atom. The fourth-order valence-electron chi connectivity index (χ4n) is 2.66. The topological polar surface area (TPSA) is 78.4 Å². The Kier molecular flexibility index (Phi) is 8.24. The van der Waals surface area contributed by atoms with Gasteiger partial charge in [0.05, 0.1) is 33.3 Å². The van der Waals surface area contributed by atoms with Crippen LogP contribution in [0.4, 0.5) is 0 Å². The van der Waals surface area contributed by atoms with Gasteiger partial charge in [-0.2, -0.15) is 0 Å². The monoisotopic (exact) mass is 540 g/mol. The van der Waals surface area contributed by atoms with Gasteiger partial charge in [0.25, 0.3) is 0 Å². The van der Waals surface area contributed by atoms with E-state index in [2.05, 4.69) is 9.97 Å². The lowest BCUT2D eigenvalue weighted by molar-refractivity contribution is -0.139. The summed E-state index contributed by atoms with van der Waals surface area (Å²) >= 11 is 8.01. The molecule has 6 nitrogen and oxygen atoms in total. The highest BCUT2D eigenvalue weighted by atomic mass is 32.2. The molecule has 0 atom stereocenters. The molecule has 0 aliphatic rings. The van der Waals surface area contributed by atoms with E-state index in [1.54, 1.807) is 23.5 Å². The zero-order valence-corrected chi connectivity index (χ0v) is 21.8. The summed E-state index contributed by atoms with van der Waals surface area (Å²) < 4.78 is 13.8. The number of para-hydroxylation sites is 2. The molecule has 0 aliphatic heterocycles. The van der Waals surface area contributed by atoms with Gasteiger partial charge in [-0.05, 0) is 36.8 Å². The number of fused-ring (bicyclic) bond motifs is 2. The fraction of sp³-hybridized carbons (Fsp3) is 0.200. The number of thioether (sulfide) groups is 2. The van der Waals surface area contributed by atoms with Crippen LogP contribution in [0.25, 0.3) is 20.4 Å². The first-order chi connectivity index (χ1) is 15.6. The molecule has 2 aromatic heterocycles. The van der Waals surface area contributed by atoms with Crippen LogP contribution in [0, 0.1) is 0 Å². The SMILES string of the molecule is CSc1cccc2sc(SOC(=O)CCC(=O)OSc3nc4c(SC)cccc4s3)nc12. The second-order valence-corrected chi connectivity index (χ2v) is 11.9. The molecular weight excluding hydrogens is 525 g/mol. The van der Waals surface area contributed by atoms with Gasteiger partial charge < -0.3 is 8.37 Å². The number of carbonyl (C=O) groups excluding carboxylic acids is 2. The normalized spacial score (nSPS) is 11.2. The third kappa shape index (κ3) is 5.72. The Balaban J connectivity index is 1.23. The van der Waals surface area contributed by atoms with Gasteiger partial charge in [0, 0.05) is 9.79 Å². The minimum atomic E-state index is -0.495. The van der Waals surface area contributed by atoms with E-state index in [-0.39, 0.29) is 12.8 Å². The lowest BCUT2D eigenvalue weighted by Gasteiger charge is -2.01. The summed E-state index contributed by atoms with van der Waals surface area (Å²) in [4.78, 5) is 35.3. The van der Waals surface area contributed by atoms with Crippen LogP contribution in [-0.4, -0.2) is 34.4 Å². The van der Waals surface area contributed by atoms with E-state index >= 15 is 0 Å². The Morgan fingerprint density at radius 3 is 1.62 bits per heavy atom. The molecule has 0 saturated carbocycles. The quantitative estimate of drug-likeness (QED) is 0.165. The van der Waals surface area contributed by atoms with Crippen molar-refractivity contribution in [3.63, 3.8) is 0 Å². The molecule has 0 fully saturated rings. The first-order valence-electron chi connectivity index (χ1n) is 9.19. The van der Waals surface area contributed by atoms with Crippen LogP contribution >= 0.6 is 70.3 Å². The molecule has 2 heterocycles. The second kappa shape index (κ2) is 11.1. The predicted molar refractivity (Wildman–Crippen MR) is 136 cm³/mol. The van der Waals surface area contributed by atoms with E-state index in [0.29, 0.717) is 8.68 Å². The summed E-state index contributed by atoms with van der Waals surface area (Å²) in [6, 6.07) is 11.9. The summed E-state index contributed by atoms with van der Waals surface area (Å²) in [7, 11) is 0. The molecule has 166 valence electrons. The van der Waals surface area contributed by atoms with E-state index in [0.717, 1.165) is 54.3 Å². The van der Waals surface area contributed by atoms with Gasteiger partial charge in [0.2, 0.25) is 0 Å². The molecular formula is C20H16N2O4S6. The van der Waals surface area contributed by atoms with Crippen LogP contribution < -0.4 is 0 Å². The summed E-state index contributed by atoms with van der Waals surface area (Å²) in [6.45, 7) is 0. The zero-order valence-electron chi connectivity index (χ0n) is 16.9. The van der Waals surface area contributed by atoms with Gasteiger partial charge in [0.15, 0.2) is 8.68 Å². The molecule has 0 radical (unpaired) electrons. The maximum absolute atomic E-state index is 12.0. The zero-order chi connectivity index (χ0) is 22.5. The van der Waals surface area contributed by atoms with Gasteiger partial charge in [-0.1, -0.05) is 12.1 Å². The van der Waals surface area contributed by atoms with Gasteiger partial charge in [-0.3, -0.25) is 9.59 Å². The maximum Gasteiger partial charge on any atom is 0.318 e. The van der Waals surface area contributed by atoms with E-state index in [1.807, 2.05) is 48.9 Å². The highest BCUT2D eigenvalue weighted by molar-refractivity contribution is 7.99. The number of hydrogen-bond acceptors (Lipinski definition) is 12. The smallest absolute Gasteiger partial charge is 0.318 e. The van der Waals surface area contributed by atoms with Crippen molar-refractivity contribution in [1.29, 1.82) is 0 Å². The molecule has 0 saturated heterocycles. The molecule has 4 rings (SSSR count). The van der Waals surface area contributed by atoms with Crippen molar-refractivity contribution in [3.05, 3.63) is 36.4 Å². The van der Waals surface area contributed by atoms with Crippen LogP contribution in [0.3, 0.4) is 0 Å². The predicted octanol–water partition coefficient (Wildman–Crippen LogP) is 6.93. The number of thiazole rings is 2. The van der Waals surface area contributed by atoms with Gasteiger partial charge in [0.1, 0.15) is 24.1 Å². The number of nitrogens with zero attached hydrogens (tertiary/aromatic N) is 2. The maximum atomic E-state index is 12.0. The lowest BCUT2D eigenvalue weighted by Crippen LogP contribution is -2.05. The number of hydrogen-bond donors (Lipinski definition) is 0. The van der Waals surface area contributed by atoms with Crippen LogP contribution in [-0.2, 0) is 18.0 Å². The van der Waals surface area contributed by atoms with Crippen LogP contribution in [0.2, 0.25) is 0 Å². The van der Waals surface area contributed by atoms with E-state index in [4.69, 9.17) is 8.37 Å². The van der Waals surface area contributed by atoms with Crippen LogP contribution in [0.15, 0.2) is 54.9 Å². The second-order valence-electron chi connectivity index (χ2n) is 6.15. The number of benzene rings is 2. The van der Waals surface area contributed by atoms with Crippen LogP contribution in [0.5, 0.6) is 0 Å². The Morgan fingerprint density at radius 1 is 0.781 bits per heavy atom. The van der Waals surface area contributed by atoms with E-state index in [9.17, 15) is 9.59 Å². The van der Waals surface area contributed by atoms with Crippen LogP contribution in [0.1, 0.15) is 12.8 Å². The molecule has 12 heteroatoms. The Bertz CT molecular complexity index is 1170. The average Bonchev–Trinajstić information content (AvgIpc) is 3.43. The number of carbonyl (C=O) groups is 2. The first kappa shape index (κ1) is 23.7. The Hall–Kier alpha value is -1.44. The molecule has 0 N–H and O–H groups in total. The van der Waals surface area contributed by atoms with E-state index in [1.165, 1.54) is 22.7 Å². The summed E-state index contributed by atoms with van der Waals surface area (Å²) in [5.74, 6) is -0.989. The van der Waals surface area contributed by atoms with Crippen molar-refractivity contribution >= 4 is 103 Å².